The van der Waals surface area contributed by atoms with Crippen LogP contribution in [0.3, 0.4) is 0 Å². The predicted octanol–water partition coefficient (Wildman–Crippen LogP) is 1.66. The van der Waals surface area contributed by atoms with Crippen molar-refractivity contribution in [3.8, 4) is 17.2 Å². The Morgan fingerprint density at radius 1 is 1.10 bits per heavy atom. The quantitative estimate of drug-likeness (QED) is 0.721. The van der Waals surface area contributed by atoms with Crippen LogP contribution < -0.4 is 29.3 Å². The van der Waals surface area contributed by atoms with Crippen molar-refractivity contribution in [2.45, 2.75) is 0 Å². The Morgan fingerprint density at radius 3 is 2.27 bits per heavy atom. The average molecular weight is 417 g/mol. The van der Waals surface area contributed by atoms with Gasteiger partial charge in [0.15, 0.2) is 17.3 Å². The predicted molar refractivity (Wildman–Crippen MR) is 113 cm³/mol. The minimum atomic E-state index is -0.347. The van der Waals surface area contributed by atoms with Crippen LogP contribution in [0.2, 0.25) is 0 Å². The molecular weight excluding hydrogens is 390 g/mol. The highest BCUT2D eigenvalue weighted by Gasteiger charge is 2.20. The number of aromatic nitrogens is 2. The molecule has 30 heavy (non-hydrogen) atoms. The third-order valence-electron chi connectivity index (χ3n) is 4.65. The highest BCUT2D eigenvalue weighted by molar-refractivity contribution is 6.06. The molecule has 0 atom stereocenters. The maximum Gasteiger partial charge on any atom is 0.256 e. The van der Waals surface area contributed by atoms with Crippen molar-refractivity contribution in [2.24, 2.45) is 0 Å². The number of anilines is 3. The summed E-state index contributed by atoms with van der Waals surface area (Å²) >= 11 is 0. The lowest BCUT2D eigenvalue weighted by molar-refractivity contribution is 0.102. The maximum absolute atomic E-state index is 12.9. The van der Waals surface area contributed by atoms with E-state index in [1.165, 1.54) is 21.3 Å². The summed E-state index contributed by atoms with van der Waals surface area (Å²) in [6, 6.07) is 3.18. The molecule has 10 heteroatoms. The summed E-state index contributed by atoms with van der Waals surface area (Å²) in [6.07, 6.45) is 1.61. The number of nitrogens with one attached hydrogen (secondary N) is 1. The van der Waals surface area contributed by atoms with Gasteiger partial charge in [0.2, 0.25) is 11.7 Å². The van der Waals surface area contributed by atoms with Gasteiger partial charge in [0.05, 0.1) is 40.7 Å². The van der Waals surface area contributed by atoms with E-state index in [4.69, 9.17) is 18.9 Å². The van der Waals surface area contributed by atoms with E-state index in [1.54, 1.807) is 18.3 Å². The van der Waals surface area contributed by atoms with Crippen LogP contribution in [0.5, 0.6) is 17.2 Å². The van der Waals surface area contributed by atoms with E-state index in [1.807, 2.05) is 19.0 Å². The summed E-state index contributed by atoms with van der Waals surface area (Å²) in [5, 5.41) is 2.88. The fourth-order valence-electron chi connectivity index (χ4n) is 3.12. The van der Waals surface area contributed by atoms with Crippen LogP contribution in [0.1, 0.15) is 10.4 Å². The molecule has 162 valence electrons. The Morgan fingerprint density at radius 2 is 1.73 bits per heavy atom. The third kappa shape index (κ3) is 4.48. The van der Waals surface area contributed by atoms with Gasteiger partial charge in [-0.3, -0.25) is 4.79 Å². The largest absolute Gasteiger partial charge is 0.493 e. The Hall–Kier alpha value is -3.27. The van der Waals surface area contributed by atoms with E-state index >= 15 is 0 Å². The van der Waals surface area contributed by atoms with Crippen LogP contribution in [0.4, 0.5) is 17.5 Å². The molecule has 0 unspecified atom stereocenters. The second kappa shape index (κ2) is 9.49. The van der Waals surface area contributed by atoms with Crippen molar-refractivity contribution in [3.63, 3.8) is 0 Å². The van der Waals surface area contributed by atoms with Crippen molar-refractivity contribution < 1.29 is 23.7 Å². The molecule has 1 aromatic carbocycles. The third-order valence-corrected chi connectivity index (χ3v) is 4.65. The lowest BCUT2D eigenvalue weighted by Crippen LogP contribution is -2.37. The fraction of sp³-hybridized carbons (Fsp3) is 0.450. The molecule has 1 aromatic heterocycles. The highest BCUT2D eigenvalue weighted by Crippen LogP contribution is 2.38. The summed E-state index contributed by atoms with van der Waals surface area (Å²) in [5.74, 6) is 2.08. The first-order valence-electron chi connectivity index (χ1n) is 9.47. The number of rotatable bonds is 7. The van der Waals surface area contributed by atoms with Gasteiger partial charge in [-0.05, 0) is 12.1 Å². The second-order valence-corrected chi connectivity index (χ2v) is 6.77. The topological polar surface area (TPSA) is 98.3 Å². The van der Waals surface area contributed by atoms with Crippen LogP contribution >= 0.6 is 0 Å². The molecule has 1 aliphatic rings. The van der Waals surface area contributed by atoms with Gasteiger partial charge in [0.1, 0.15) is 5.69 Å². The summed E-state index contributed by atoms with van der Waals surface area (Å²) in [7, 11) is 8.24. The SMILES string of the molecule is COc1cc(C(=O)Nc2cnc(N3CCOCC3)nc2N(C)C)cc(OC)c1OC. The molecule has 0 bridgehead atoms. The Labute approximate surface area is 175 Å². The van der Waals surface area contributed by atoms with Gasteiger partial charge in [-0.15, -0.1) is 0 Å². The van der Waals surface area contributed by atoms with Gasteiger partial charge in [-0.25, -0.2) is 4.98 Å². The van der Waals surface area contributed by atoms with Crippen molar-refractivity contribution >= 4 is 23.4 Å². The monoisotopic (exact) mass is 417 g/mol. The molecule has 3 rings (SSSR count). The number of morpholine rings is 1. The van der Waals surface area contributed by atoms with Gasteiger partial charge in [0.25, 0.3) is 5.91 Å². The number of nitrogens with zero attached hydrogens (tertiary/aromatic N) is 4. The van der Waals surface area contributed by atoms with Gasteiger partial charge >= 0.3 is 0 Å². The summed E-state index contributed by atoms with van der Waals surface area (Å²) < 4.78 is 21.4. The average Bonchev–Trinajstić information content (AvgIpc) is 2.78. The number of hydrogen-bond acceptors (Lipinski definition) is 9. The molecule has 0 spiro atoms. The Balaban J connectivity index is 1.89. The van der Waals surface area contributed by atoms with Crippen LogP contribution in [0.25, 0.3) is 0 Å². The molecule has 0 aliphatic carbocycles. The van der Waals surface area contributed by atoms with Crippen molar-refractivity contribution in [2.75, 3.05) is 76.8 Å². The van der Waals surface area contributed by atoms with E-state index in [0.29, 0.717) is 53.5 Å². The maximum atomic E-state index is 12.9. The van der Waals surface area contributed by atoms with Gasteiger partial charge < -0.3 is 34.1 Å². The zero-order valence-electron chi connectivity index (χ0n) is 17.9. The van der Waals surface area contributed by atoms with Crippen LogP contribution in [0, 0.1) is 0 Å². The van der Waals surface area contributed by atoms with E-state index < -0.39 is 0 Å². The summed E-state index contributed by atoms with van der Waals surface area (Å²) in [6.45, 7) is 2.73. The molecule has 1 saturated heterocycles. The van der Waals surface area contributed by atoms with Gasteiger partial charge in [-0.1, -0.05) is 0 Å². The van der Waals surface area contributed by atoms with Gasteiger partial charge in [-0.2, -0.15) is 4.98 Å². The second-order valence-electron chi connectivity index (χ2n) is 6.77. The molecule has 2 aromatic rings. The molecule has 10 nitrogen and oxygen atoms in total. The fourth-order valence-corrected chi connectivity index (χ4v) is 3.12. The van der Waals surface area contributed by atoms with E-state index in [-0.39, 0.29) is 5.91 Å². The number of benzene rings is 1. The Kier molecular flexibility index (Phi) is 6.78. The first-order valence-corrected chi connectivity index (χ1v) is 9.47. The number of carbonyl (C=O) groups excluding carboxylic acids is 1. The zero-order valence-corrected chi connectivity index (χ0v) is 17.9. The molecule has 0 saturated carbocycles. The van der Waals surface area contributed by atoms with Crippen molar-refractivity contribution in [1.29, 1.82) is 0 Å². The van der Waals surface area contributed by atoms with E-state index in [0.717, 1.165) is 13.1 Å². The van der Waals surface area contributed by atoms with E-state index in [9.17, 15) is 4.79 Å². The van der Waals surface area contributed by atoms with Crippen LogP contribution in [-0.2, 0) is 4.74 Å². The lowest BCUT2D eigenvalue weighted by atomic mass is 10.1. The normalized spacial score (nSPS) is 13.6. The first-order chi connectivity index (χ1) is 14.5. The van der Waals surface area contributed by atoms with Crippen molar-refractivity contribution in [1.82, 2.24) is 9.97 Å². The van der Waals surface area contributed by atoms with Gasteiger partial charge in [0, 0.05) is 32.7 Å². The Bertz CT molecular complexity index is 874. The zero-order chi connectivity index (χ0) is 21.7. The molecule has 1 amide bonds. The smallest absolute Gasteiger partial charge is 0.256 e. The molecule has 1 aliphatic heterocycles. The number of amides is 1. The molecule has 0 radical (unpaired) electrons. The minimum Gasteiger partial charge on any atom is -0.493 e. The van der Waals surface area contributed by atoms with E-state index in [2.05, 4.69) is 20.2 Å². The summed E-state index contributed by atoms with van der Waals surface area (Å²) in [5.41, 5.74) is 0.849. The number of carbonyl (C=O) groups is 1. The standard InChI is InChI=1S/C20H27N5O5/c1-24(2)18-14(12-21-20(23-18)25-6-8-30-9-7-25)22-19(26)13-10-15(27-3)17(29-5)16(11-13)28-4/h10-12H,6-9H2,1-5H3,(H,22,26). The molecule has 1 N–H and O–H groups in total. The molecular formula is C20H27N5O5. The number of hydrogen-bond donors (Lipinski definition) is 1. The first kappa shape index (κ1) is 21.4. The molecule has 2 heterocycles. The summed E-state index contributed by atoms with van der Waals surface area (Å²) in [4.78, 5) is 25.9. The van der Waals surface area contributed by atoms with Crippen LogP contribution in [-0.4, -0.2) is 77.6 Å². The number of methoxy groups -OCH3 is 3. The highest BCUT2D eigenvalue weighted by atomic mass is 16.5. The lowest BCUT2D eigenvalue weighted by Gasteiger charge is -2.28. The molecule has 1 fully saturated rings. The van der Waals surface area contributed by atoms with Crippen molar-refractivity contribution in [3.05, 3.63) is 23.9 Å². The van der Waals surface area contributed by atoms with Crippen LogP contribution in [0.15, 0.2) is 18.3 Å². The minimum absolute atomic E-state index is 0.347. The number of ether oxygens (including phenoxy) is 4.